The molecule has 0 amide bonds. The smallest absolute Gasteiger partial charge is 0.308 e. The summed E-state index contributed by atoms with van der Waals surface area (Å²) < 4.78 is 10.9. The van der Waals surface area contributed by atoms with Crippen molar-refractivity contribution in [1.82, 2.24) is 4.90 Å². The standard InChI is InChI=1S/C14H23NO4/c1-8(2)14(17)19-11-5-10-6-13(18-9(3)16)12(7-11)15(10)4/h8,10-13H,5-7H2,1-4H3. The Hall–Kier alpha value is -1.10. The lowest BCUT2D eigenvalue weighted by Crippen LogP contribution is -2.46. The summed E-state index contributed by atoms with van der Waals surface area (Å²) in [4.78, 5) is 25.0. The van der Waals surface area contributed by atoms with E-state index in [0.717, 1.165) is 19.3 Å². The maximum atomic E-state index is 11.7. The van der Waals surface area contributed by atoms with Crippen LogP contribution in [0, 0.1) is 5.92 Å². The Labute approximate surface area is 114 Å². The van der Waals surface area contributed by atoms with Crippen LogP contribution in [-0.2, 0) is 19.1 Å². The quantitative estimate of drug-likeness (QED) is 0.724. The third kappa shape index (κ3) is 3.08. The van der Waals surface area contributed by atoms with Crippen molar-refractivity contribution in [3.05, 3.63) is 0 Å². The van der Waals surface area contributed by atoms with Gasteiger partial charge in [0.2, 0.25) is 0 Å². The van der Waals surface area contributed by atoms with Crippen LogP contribution < -0.4 is 0 Å². The van der Waals surface area contributed by atoms with E-state index in [1.54, 1.807) is 0 Å². The molecule has 108 valence electrons. The minimum atomic E-state index is -0.235. The lowest BCUT2D eigenvalue weighted by molar-refractivity contribution is -0.158. The minimum absolute atomic E-state index is 0.0401. The van der Waals surface area contributed by atoms with Crippen LogP contribution in [0.3, 0.4) is 0 Å². The summed E-state index contributed by atoms with van der Waals surface area (Å²) in [6.07, 6.45) is 2.33. The van der Waals surface area contributed by atoms with Crippen LogP contribution in [0.15, 0.2) is 0 Å². The number of hydrogen-bond acceptors (Lipinski definition) is 5. The van der Waals surface area contributed by atoms with Gasteiger partial charge in [-0.25, -0.2) is 0 Å². The summed E-state index contributed by atoms with van der Waals surface area (Å²) in [6.45, 7) is 5.12. The van der Waals surface area contributed by atoms with Crippen molar-refractivity contribution in [3.8, 4) is 0 Å². The number of hydrogen-bond donors (Lipinski definition) is 0. The second kappa shape index (κ2) is 5.49. The maximum absolute atomic E-state index is 11.7. The first-order valence-corrected chi connectivity index (χ1v) is 6.98. The lowest BCUT2D eigenvalue weighted by Gasteiger charge is -2.36. The van der Waals surface area contributed by atoms with E-state index in [0.29, 0.717) is 6.04 Å². The molecule has 2 fully saturated rings. The molecule has 0 spiro atoms. The third-order valence-corrected chi connectivity index (χ3v) is 4.14. The number of ether oxygens (including phenoxy) is 2. The van der Waals surface area contributed by atoms with Crippen LogP contribution in [0.1, 0.15) is 40.0 Å². The highest BCUT2D eigenvalue weighted by molar-refractivity contribution is 5.71. The van der Waals surface area contributed by atoms with Crippen LogP contribution >= 0.6 is 0 Å². The van der Waals surface area contributed by atoms with E-state index in [2.05, 4.69) is 11.9 Å². The Kier molecular flexibility index (Phi) is 4.13. The molecule has 5 heteroatoms. The molecule has 4 unspecified atom stereocenters. The zero-order valence-electron chi connectivity index (χ0n) is 12.1. The van der Waals surface area contributed by atoms with E-state index in [4.69, 9.17) is 9.47 Å². The van der Waals surface area contributed by atoms with Crippen molar-refractivity contribution in [2.24, 2.45) is 5.92 Å². The van der Waals surface area contributed by atoms with Gasteiger partial charge in [-0.15, -0.1) is 0 Å². The summed E-state index contributed by atoms with van der Waals surface area (Å²) in [7, 11) is 2.05. The predicted molar refractivity (Wildman–Crippen MR) is 69.5 cm³/mol. The maximum Gasteiger partial charge on any atom is 0.308 e. The highest BCUT2D eigenvalue weighted by Crippen LogP contribution is 2.37. The molecule has 2 aliphatic heterocycles. The van der Waals surface area contributed by atoms with Gasteiger partial charge < -0.3 is 9.47 Å². The summed E-state index contributed by atoms with van der Waals surface area (Å²) in [5, 5.41) is 0. The first kappa shape index (κ1) is 14.3. The van der Waals surface area contributed by atoms with E-state index in [-0.39, 0.29) is 36.1 Å². The number of carbonyl (C=O) groups excluding carboxylic acids is 2. The highest BCUT2D eigenvalue weighted by Gasteiger charge is 2.47. The van der Waals surface area contributed by atoms with Crippen molar-refractivity contribution in [2.45, 2.75) is 64.3 Å². The zero-order valence-corrected chi connectivity index (χ0v) is 12.1. The first-order valence-electron chi connectivity index (χ1n) is 6.98. The molecular formula is C14H23NO4. The highest BCUT2D eigenvalue weighted by atomic mass is 16.6. The average molecular weight is 269 g/mol. The molecule has 0 N–H and O–H groups in total. The summed E-state index contributed by atoms with van der Waals surface area (Å²) in [6, 6.07) is 0.515. The van der Waals surface area contributed by atoms with Gasteiger partial charge in [-0.05, 0) is 7.05 Å². The number of piperidine rings is 1. The number of fused-ring (bicyclic) bond motifs is 2. The minimum Gasteiger partial charge on any atom is -0.462 e. The van der Waals surface area contributed by atoms with E-state index in [1.807, 2.05) is 13.8 Å². The SMILES string of the molecule is CC(=O)OC1CC2CC(OC(=O)C(C)C)CC1N2C. The van der Waals surface area contributed by atoms with Gasteiger partial charge in [0, 0.05) is 32.2 Å². The van der Waals surface area contributed by atoms with Gasteiger partial charge in [-0.3, -0.25) is 14.5 Å². The van der Waals surface area contributed by atoms with Crippen molar-refractivity contribution in [2.75, 3.05) is 7.05 Å². The molecule has 0 aromatic heterocycles. The Balaban J connectivity index is 1.97. The molecule has 0 aromatic carbocycles. The fraction of sp³-hybridized carbons (Fsp3) is 0.857. The largest absolute Gasteiger partial charge is 0.462 e. The fourth-order valence-electron chi connectivity index (χ4n) is 3.11. The molecule has 2 saturated heterocycles. The van der Waals surface area contributed by atoms with Crippen molar-refractivity contribution in [1.29, 1.82) is 0 Å². The molecule has 19 heavy (non-hydrogen) atoms. The lowest BCUT2D eigenvalue weighted by atomic mass is 10.00. The van der Waals surface area contributed by atoms with Crippen molar-refractivity contribution < 1.29 is 19.1 Å². The van der Waals surface area contributed by atoms with Crippen molar-refractivity contribution >= 4 is 11.9 Å². The molecular weight excluding hydrogens is 246 g/mol. The molecule has 0 aromatic rings. The Morgan fingerprint density at radius 3 is 2.42 bits per heavy atom. The van der Waals surface area contributed by atoms with Crippen LogP contribution in [0.4, 0.5) is 0 Å². The second-order valence-electron chi connectivity index (χ2n) is 5.96. The van der Waals surface area contributed by atoms with Gasteiger partial charge in [-0.1, -0.05) is 13.8 Å². The predicted octanol–water partition coefficient (Wildman–Crippen LogP) is 1.35. The van der Waals surface area contributed by atoms with Gasteiger partial charge in [0.25, 0.3) is 0 Å². The van der Waals surface area contributed by atoms with Crippen LogP contribution in [0.25, 0.3) is 0 Å². The first-order chi connectivity index (χ1) is 8.88. The van der Waals surface area contributed by atoms with Crippen LogP contribution in [0.5, 0.6) is 0 Å². The molecule has 0 radical (unpaired) electrons. The van der Waals surface area contributed by atoms with Crippen LogP contribution in [-0.4, -0.2) is 48.2 Å². The number of likely N-dealkylation sites (N-methyl/N-ethyl adjacent to an activating group) is 1. The molecule has 2 heterocycles. The second-order valence-corrected chi connectivity index (χ2v) is 5.96. The van der Waals surface area contributed by atoms with Gasteiger partial charge in [0.05, 0.1) is 12.0 Å². The monoisotopic (exact) mass is 269 g/mol. The van der Waals surface area contributed by atoms with Gasteiger partial charge in [-0.2, -0.15) is 0 Å². The number of carbonyl (C=O) groups is 2. The van der Waals surface area contributed by atoms with E-state index < -0.39 is 0 Å². The van der Waals surface area contributed by atoms with E-state index in [9.17, 15) is 9.59 Å². The zero-order chi connectivity index (χ0) is 14.2. The van der Waals surface area contributed by atoms with E-state index >= 15 is 0 Å². The molecule has 2 aliphatic rings. The molecule has 2 rings (SSSR count). The topological polar surface area (TPSA) is 55.8 Å². The molecule has 2 bridgehead atoms. The summed E-state index contributed by atoms with van der Waals surface area (Å²) in [5.74, 6) is -0.471. The summed E-state index contributed by atoms with van der Waals surface area (Å²) >= 11 is 0. The van der Waals surface area contributed by atoms with Crippen molar-refractivity contribution in [3.63, 3.8) is 0 Å². The fourth-order valence-corrected chi connectivity index (χ4v) is 3.11. The van der Waals surface area contributed by atoms with Crippen LogP contribution in [0.2, 0.25) is 0 Å². The molecule has 0 aliphatic carbocycles. The molecule has 5 nitrogen and oxygen atoms in total. The Morgan fingerprint density at radius 1 is 1.16 bits per heavy atom. The average Bonchev–Trinajstić information content (AvgIpc) is 2.48. The summed E-state index contributed by atoms with van der Waals surface area (Å²) in [5.41, 5.74) is 0. The molecule has 4 atom stereocenters. The Morgan fingerprint density at radius 2 is 1.84 bits per heavy atom. The number of esters is 2. The number of rotatable bonds is 3. The third-order valence-electron chi connectivity index (χ3n) is 4.14. The van der Waals surface area contributed by atoms with Gasteiger partial charge in [0.15, 0.2) is 0 Å². The number of nitrogens with zero attached hydrogens (tertiary/aromatic N) is 1. The normalized spacial score (nSPS) is 34.4. The van der Waals surface area contributed by atoms with E-state index in [1.165, 1.54) is 6.92 Å². The molecule has 0 saturated carbocycles. The Bertz CT molecular complexity index is 368. The van der Waals surface area contributed by atoms with Gasteiger partial charge in [0.1, 0.15) is 12.2 Å². The van der Waals surface area contributed by atoms with Gasteiger partial charge >= 0.3 is 11.9 Å².